The number of hydrogen-bond acceptors (Lipinski definition) is 6. The molecule has 0 aromatic heterocycles. The van der Waals surface area contributed by atoms with Gasteiger partial charge in [-0.25, -0.2) is 18.4 Å². The summed E-state index contributed by atoms with van der Waals surface area (Å²) in [5.74, 6) is -0.403. The van der Waals surface area contributed by atoms with Crippen molar-refractivity contribution in [2.75, 3.05) is 24.6 Å². The standard InChI is InChI=1S/C37H43ClN2O6S/c1-24(35(47(39,44)45)25-8-3-2-4-9-25)7-5-11-33(41)30-15-12-28(30)21-40-22-37(18-6-10-26-19-29(38)14-16-31(26)37)23-46-34-17-13-27(36(42)43)20-32(34)40/h2-5,8-9,11,13-14,16-17,19-20,24,28,30,33,35,41H,6-7,10,12,15,18,21-23H2,1H3,(H,42,43)(H2,39,44,45)/b11-5+/t24?,28-,30+,33?,35?,37-/m0/s1. The predicted octanol–water partition coefficient (Wildman–Crippen LogP) is 6.51. The summed E-state index contributed by atoms with van der Waals surface area (Å²) >= 11 is 6.38. The van der Waals surface area contributed by atoms with E-state index in [0.717, 1.165) is 42.8 Å². The molecule has 1 fully saturated rings. The highest BCUT2D eigenvalue weighted by molar-refractivity contribution is 7.89. The van der Waals surface area contributed by atoms with E-state index in [1.165, 1.54) is 11.1 Å². The Kier molecular flexibility index (Phi) is 9.72. The number of allylic oxidation sites excluding steroid dienone is 1. The van der Waals surface area contributed by atoms with E-state index in [4.69, 9.17) is 21.5 Å². The molecule has 3 aromatic carbocycles. The molecule has 1 heterocycles. The van der Waals surface area contributed by atoms with Gasteiger partial charge < -0.3 is 19.8 Å². The van der Waals surface area contributed by atoms with Crippen molar-refractivity contribution in [2.24, 2.45) is 22.9 Å². The van der Waals surface area contributed by atoms with Crippen molar-refractivity contribution >= 4 is 33.3 Å². The van der Waals surface area contributed by atoms with Crippen molar-refractivity contribution in [1.29, 1.82) is 0 Å². The largest absolute Gasteiger partial charge is 0.490 e. The van der Waals surface area contributed by atoms with Crippen LogP contribution in [0.5, 0.6) is 5.75 Å². The van der Waals surface area contributed by atoms with Crippen LogP contribution in [-0.4, -0.2) is 50.4 Å². The first kappa shape index (κ1) is 33.5. The van der Waals surface area contributed by atoms with Crippen LogP contribution in [0.25, 0.3) is 0 Å². The zero-order valence-electron chi connectivity index (χ0n) is 26.6. The zero-order chi connectivity index (χ0) is 33.3. The van der Waals surface area contributed by atoms with Gasteiger partial charge in [0, 0.05) is 23.5 Å². The summed E-state index contributed by atoms with van der Waals surface area (Å²) in [4.78, 5) is 14.3. The number of aliphatic hydroxyl groups is 1. The third kappa shape index (κ3) is 7.09. The van der Waals surface area contributed by atoms with Gasteiger partial charge in [0.25, 0.3) is 0 Å². The molecule has 10 heteroatoms. The Balaban J connectivity index is 1.21. The Morgan fingerprint density at radius 3 is 2.64 bits per heavy atom. The van der Waals surface area contributed by atoms with Crippen LogP contribution >= 0.6 is 11.6 Å². The molecule has 1 aliphatic heterocycles. The van der Waals surface area contributed by atoms with Gasteiger partial charge >= 0.3 is 5.97 Å². The van der Waals surface area contributed by atoms with Crippen LogP contribution in [0.1, 0.15) is 71.3 Å². The first-order valence-corrected chi connectivity index (χ1v) is 18.4. The van der Waals surface area contributed by atoms with Gasteiger partial charge in [0.15, 0.2) is 0 Å². The van der Waals surface area contributed by atoms with Crippen molar-refractivity contribution in [1.82, 2.24) is 0 Å². The van der Waals surface area contributed by atoms with Crippen LogP contribution in [-0.2, 0) is 21.9 Å². The molecular formula is C37H43ClN2O6S. The number of aliphatic hydroxyl groups excluding tert-OH is 1. The van der Waals surface area contributed by atoms with Crippen molar-refractivity contribution in [3.8, 4) is 5.75 Å². The monoisotopic (exact) mass is 678 g/mol. The van der Waals surface area contributed by atoms with Crippen LogP contribution in [0, 0.1) is 17.8 Å². The lowest BCUT2D eigenvalue weighted by Crippen LogP contribution is -2.49. The van der Waals surface area contributed by atoms with Gasteiger partial charge in [-0.05, 0) is 103 Å². The summed E-state index contributed by atoms with van der Waals surface area (Å²) in [6.07, 6.45) is 8.15. The topological polar surface area (TPSA) is 130 Å². The molecule has 2 aliphatic carbocycles. The molecule has 6 rings (SSSR count). The summed E-state index contributed by atoms with van der Waals surface area (Å²) in [7, 11) is -3.83. The molecule has 0 bridgehead atoms. The Labute approximate surface area is 282 Å². The molecule has 0 saturated heterocycles. The number of rotatable bonds is 10. The number of nitrogens with zero attached hydrogens (tertiary/aromatic N) is 1. The van der Waals surface area contributed by atoms with Crippen LogP contribution in [0.4, 0.5) is 5.69 Å². The maximum absolute atomic E-state index is 12.5. The number of carboxylic acids is 1. The zero-order valence-corrected chi connectivity index (χ0v) is 28.2. The molecular weight excluding hydrogens is 636 g/mol. The lowest BCUT2D eigenvalue weighted by Gasteiger charge is -2.45. The maximum Gasteiger partial charge on any atom is 0.335 e. The van der Waals surface area contributed by atoms with Crippen molar-refractivity contribution in [2.45, 2.75) is 62.2 Å². The average Bonchev–Trinajstić information content (AvgIpc) is 3.16. The molecule has 3 aromatic rings. The normalized spacial score (nSPS) is 24.4. The molecule has 1 spiro atoms. The van der Waals surface area contributed by atoms with E-state index in [1.807, 2.05) is 25.1 Å². The summed E-state index contributed by atoms with van der Waals surface area (Å²) in [5.41, 5.74) is 3.82. The molecule has 6 atom stereocenters. The smallest absolute Gasteiger partial charge is 0.335 e. The van der Waals surface area contributed by atoms with E-state index in [9.17, 15) is 23.4 Å². The number of primary sulfonamides is 1. The lowest BCUT2D eigenvalue weighted by molar-refractivity contribution is 0.0456. The second-order valence-corrected chi connectivity index (χ2v) is 15.8. The van der Waals surface area contributed by atoms with Gasteiger partial charge in [-0.1, -0.05) is 67.1 Å². The fraction of sp³-hybridized carbons (Fsp3) is 0.432. The number of sulfonamides is 1. The number of benzene rings is 3. The average molecular weight is 679 g/mol. The molecule has 4 N–H and O–H groups in total. The number of aromatic carboxylic acids is 1. The predicted molar refractivity (Wildman–Crippen MR) is 185 cm³/mol. The Bertz CT molecular complexity index is 1750. The number of aryl methyl sites for hydroxylation is 1. The second kappa shape index (κ2) is 13.6. The van der Waals surface area contributed by atoms with E-state index < -0.39 is 27.3 Å². The van der Waals surface area contributed by atoms with Crippen LogP contribution < -0.4 is 14.8 Å². The first-order valence-electron chi connectivity index (χ1n) is 16.4. The SMILES string of the molecule is CC(C/C=C/C(O)[C@@H]1CC[C@H]1CN1C[C@@]2(CCCc3cc(Cl)ccc32)COc2ccc(C(=O)O)cc21)C(c1ccccc1)S(N)(=O)=O. The second-order valence-electron chi connectivity index (χ2n) is 13.6. The summed E-state index contributed by atoms with van der Waals surface area (Å²) in [5, 5.41) is 26.6. The van der Waals surface area contributed by atoms with Gasteiger partial charge in [-0.3, -0.25) is 0 Å². The molecule has 250 valence electrons. The van der Waals surface area contributed by atoms with Crippen LogP contribution in [0.3, 0.4) is 0 Å². The first-order chi connectivity index (χ1) is 22.4. The third-order valence-corrected chi connectivity index (χ3v) is 12.2. The fourth-order valence-electron chi connectivity index (χ4n) is 7.98. The van der Waals surface area contributed by atoms with E-state index >= 15 is 0 Å². The number of anilines is 1. The number of fused-ring (bicyclic) bond motifs is 3. The van der Waals surface area contributed by atoms with E-state index in [-0.39, 0.29) is 28.7 Å². The van der Waals surface area contributed by atoms with Crippen LogP contribution in [0.15, 0.2) is 78.9 Å². The van der Waals surface area contributed by atoms with E-state index in [1.54, 1.807) is 48.5 Å². The van der Waals surface area contributed by atoms with Gasteiger partial charge in [0.2, 0.25) is 10.0 Å². The van der Waals surface area contributed by atoms with Crippen LogP contribution in [0.2, 0.25) is 5.02 Å². The number of hydrogen-bond donors (Lipinski definition) is 3. The van der Waals surface area contributed by atoms with Gasteiger partial charge in [0.05, 0.1) is 24.0 Å². The molecule has 47 heavy (non-hydrogen) atoms. The lowest BCUT2D eigenvalue weighted by atomic mass is 9.68. The Morgan fingerprint density at radius 2 is 1.94 bits per heavy atom. The van der Waals surface area contributed by atoms with Crippen molar-refractivity contribution in [3.63, 3.8) is 0 Å². The molecule has 1 saturated carbocycles. The minimum Gasteiger partial charge on any atom is -0.490 e. The number of halogens is 1. The highest BCUT2D eigenvalue weighted by atomic mass is 35.5. The summed E-state index contributed by atoms with van der Waals surface area (Å²) in [6, 6.07) is 20.2. The molecule has 3 aliphatic rings. The Hall–Kier alpha value is -3.37. The minimum absolute atomic E-state index is 0.0217. The number of carboxylic acid groups (broad SMARTS) is 1. The number of nitrogens with two attached hydrogens (primary N) is 1. The number of ether oxygens (including phenoxy) is 1. The molecule has 0 amide bonds. The minimum atomic E-state index is -3.83. The van der Waals surface area contributed by atoms with Gasteiger partial charge in [-0.2, -0.15) is 0 Å². The van der Waals surface area contributed by atoms with Crippen molar-refractivity contribution in [3.05, 3.63) is 106 Å². The highest BCUT2D eigenvalue weighted by Gasteiger charge is 2.44. The van der Waals surface area contributed by atoms with Crippen molar-refractivity contribution < 1.29 is 28.2 Å². The highest BCUT2D eigenvalue weighted by Crippen LogP contribution is 2.46. The maximum atomic E-state index is 12.5. The van der Waals surface area contributed by atoms with E-state index in [0.29, 0.717) is 37.4 Å². The fourth-order valence-corrected chi connectivity index (χ4v) is 9.47. The van der Waals surface area contributed by atoms with Gasteiger partial charge in [0.1, 0.15) is 11.0 Å². The van der Waals surface area contributed by atoms with Gasteiger partial charge in [-0.15, -0.1) is 0 Å². The summed E-state index contributed by atoms with van der Waals surface area (Å²) < 4.78 is 31.4. The third-order valence-electron chi connectivity index (χ3n) is 10.5. The molecule has 3 unspecified atom stereocenters. The quantitative estimate of drug-likeness (QED) is 0.209. The molecule has 0 radical (unpaired) electrons. The number of carbonyl (C=O) groups is 1. The van der Waals surface area contributed by atoms with E-state index in [2.05, 4.69) is 17.0 Å². The molecule has 8 nitrogen and oxygen atoms in total. The summed E-state index contributed by atoms with van der Waals surface area (Å²) in [6.45, 7) is 3.66. The Morgan fingerprint density at radius 1 is 1.15 bits per heavy atom.